The van der Waals surface area contributed by atoms with Gasteiger partial charge in [0.05, 0.1) is 29.3 Å². The molecule has 0 aliphatic heterocycles. The van der Waals surface area contributed by atoms with Gasteiger partial charge in [-0.15, -0.1) is 0 Å². The van der Waals surface area contributed by atoms with E-state index in [0.717, 1.165) is 35.0 Å². The summed E-state index contributed by atoms with van der Waals surface area (Å²) in [7, 11) is 0. The number of benzene rings is 1. The van der Waals surface area contributed by atoms with Crippen LogP contribution in [-0.2, 0) is 13.0 Å². The quantitative estimate of drug-likeness (QED) is 0.448. The van der Waals surface area contributed by atoms with Crippen molar-refractivity contribution in [2.75, 3.05) is 0 Å². The molecule has 3 aromatic heterocycles. The highest BCUT2D eigenvalue weighted by atomic mass is 19.1. The molecule has 0 saturated heterocycles. The number of imidazole rings is 1. The van der Waals surface area contributed by atoms with Gasteiger partial charge in [0.1, 0.15) is 11.5 Å². The second-order valence-electron chi connectivity index (χ2n) is 8.78. The highest BCUT2D eigenvalue weighted by Gasteiger charge is 2.24. The number of hydrogen-bond acceptors (Lipinski definition) is 3. The van der Waals surface area contributed by atoms with E-state index in [0.29, 0.717) is 23.0 Å². The van der Waals surface area contributed by atoms with Crippen LogP contribution >= 0.6 is 0 Å². The molecule has 4 aromatic rings. The Bertz CT molecular complexity index is 1250. The number of H-pyrrole nitrogens is 1. The highest BCUT2D eigenvalue weighted by molar-refractivity contribution is 5.99. The third-order valence-electron chi connectivity index (χ3n) is 6.14. The molecule has 1 aromatic carbocycles. The molecule has 7 heteroatoms. The average Bonchev–Trinajstić information content (AvgIpc) is 3.28. The first-order valence-corrected chi connectivity index (χ1v) is 11.0. The number of hydrogen-bond donors (Lipinski definition) is 2. The maximum atomic E-state index is 14.2. The summed E-state index contributed by atoms with van der Waals surface area (Å²) in [6.45, 7) is 4.86. The van der Waals surface area contributed by atoms with Crippen LogP contribution in [0.4, 0.5) is 4.39 Å². The van der Waals surface area contributed by atoms with Crippen LogP contribution in [0.2, 0.25) is 0 Å². The number of fused-ring (bicyclic) bond motifs is 1. The van der Waals surface area contributed by atoms with Crippen LogP contribution in [0, 0.1) is 25.6 Å². The zero-order chi connectivity index (χ0) is 22.2. The Hall–Kier alpha value is -3.48. The molecule has 1 aliphatic carbocycles. The molecule has 0 spiro atoms. The molecule has 164 valence electrons. The smallest absolute Gasteiger partial charge is 0.268 e. The van der Waals surface area contributed by atoms with E-state index < -0.39 is 0 Å². The molecule has 0 radical (unpaired) electrons. The number of pyridine rings is 1. The van der Waals surface area contributed by atoms with Crippen molar-refractivity contribution < 1.29 is 9.18 Å². The SMILES string of the molecule is Cc1cccnc1C(Cc1cn(CC2CC2)cn1)NC(=O)c1cc2c(F)ccc(C)c2[nH]1. The molecular formula is C25H26FN5O. The largest absolute Gasteiger partial charge is 0.350 e. The topological polar surface area (TPSA) is 75.6 Å². The molecule has 2 N–H and O–H groups in total. The van der Waals surface area contributed by atoms with E-state index in [1.807, 2.05) is 32.3 Å². The molecule has 1 aliphatic rings. The fourth-order valence-corrected chi connectivity index (χ4v) is 4.18. The number of carbonyl (C=O) groups is 1. The van der Waals surface area contributed by atoms with Gasteiger partial charge < -0.3 is 14.9 Å². The lowest BCUT2D eigenvalue weighted by Crippen LogP contribution is -2.31. The number of aryl methyl sites for hydroxylation is 2. The minimum absolute atomic E-state index is 0.299. The minimum atomic E-state index is -0.356. The summed E-state index contributed by atoms with van der Waals surface area (Å²) in [5.74, 6) is 0.114. The van der Waals surface area contributed by atoms with E-state index in [1.54, 1.807) is 18.3 Å². The number of nitrogens with one attached hydrogen (secondary N) is 2. The number of rotatable bonds is 7. The van der Waals surface area contributed by atoms with Crippen molar-refractivity contribution in [2.45, 2.75) is 45.7 Å². The third kappa shape index (κ3) is 4.15. The number of nitrogens with zero attached hydrogens (tertiary/aromatic N) is 3. The van der Waals surface area contributed by atoms with E-state index in [2.05, 4.69) is 31.0 Å². The maximum absolute atomic E-state index is 14.2. The lowest BCUT2D eigenvalue weighted by molar-refractivity contribution is 0.0931. The monoisotopic (exact) mass is 431 g/mol. The molecule has 1 fully saturated rings. The predicted molar refractivity (Wildman–Crippen MR) is 121 cm³/mol. The molecule has 1 unspecified atom stereocenters. The predicted octanol–water partition coefficient (Wildman–Crippen LogP) is 4.64. The fourth-order valence-electron chi connectivity index (χ4n) is 4.18. The van der Waals surface area contributed by atoms with Gasteiger partial charge in [-0.05, 0) is 61.9 Å². The third-order valence-corrected chi connectivity index (χ3v) is 6.14. The van der Waals surface area contributed by atoms with Gasteiger partial charge in [0.25, 0.3) is 5.91 Å². The Morgan fingerprint density at radius 3 is 2.84 bits per heavy atom. The number of carbonyl (C=O) groups excluding carboxylic acids is 1. The Balaban J connectivity index is 1.42. The first kappa shape index (κ1) is 20.4. The number of amides is 1. The van der Waals surface area contributed by atoms with E-state index in [4.69, 9.17) is 0 Å². The van der Waals surface area contributed by atoms with Crippen LogP contribution in [0.15, 0.2) is 49.1 Å². The van der Waals surface area contributed by atoms with Gasteiger partial charge in [-0.3, -0.25) is 9.78 Å². The lowest BCUT2D eigenvalue weighted by Gasteiger charge is -2.19. The summed E-state index contributed by atoms with van der Waals surface area (Å²) in [6, 6.07) is 8.20. The zero-order valence-electron chi connectivity index (χ0n) is 18.2. The Morgan fingerprint density at radius 2 is 2.09 bits per heavy atom. The van der Waals surface area contributed by atoms with E-state index in [1.165, 1.54) is 18.9 Å². The number of aromatic nitrogens is 4. The maximum Gasteiger partial charge on any atom is 0.268 e. The van der Waals surface area contributed by atoms with Crippen molar-refractivity contribution >= 4 is 16.8 Å². The van der Waals surface area contributed by atoms with Crippen molar-refractivity contribution in [2.24, 2.45) is 5.92 Å². The minimum Gasteiger partial charge on any atom is -0.350 e. The summed E-state index contributed by atoms with van der Waals surface area (Å²) in [5, 5.41) is 3.51. The van der Waals surface area contributed by atoms with Crippen LogP contribution in [-0.4, -0.2) is 25.4 Å². The van der Waals surface area contributed by atoms with Crippen LogP contribution in [0.1, 0.15) is 51.9 Å². The highest BCUT2D eigenvalue weighted by Crippen LogP contribution is 2.30. The second kappa shape index (κ2) is 8.22. The molecule has 1 saturated carbocycles. The van der Waals surface area contributed by atoms with Gasteiger partial charge in [-0.2, -0.15) is 0 Å². The van der Waals surface area contributed by atoms with Gasteiger partial charge in [0.15, 0.2) is 0 Å². The van der Waals surface area contributed by atoms with Crippen molar-refractivity contribution in [3.8, 4) is 0 Å². The zero-order valence-corrected chi connectivity index (χ0v) is 18.2. The molecule has 5 rings (SSSR count). The van der Waals surface area contributed by atoms with Crippen LogP contribution in [0.25, 0.3) is 10.9 Å². The molecule has 3 heterocycles. The van der Waals surface area contributed by atoms with Crippen LogP contribution in [0.5, 0.6) is 0 Å². The van der Waals surface area contributed by atoms with Crippen molar-refractivity contribution in [1.82, 2.24) is 24.8 Å². The fraction of sp³-hybridized carbons (Fsp3) is 0.320. The van der Waals surface area contributed by atoms with Gasteiger partial charge in [0, 0.05) is 30.7 Å². The van der Waals surface area contributed by atoms with Crippen molar-refractivity contribution in [1.29, 1.82) is 0 Å². The summed E-state index contributed by atoms with van der Waals surface area (Å²) in [5.41, 5.74) is 4.55. The van der Waals surface area contributed by atoms with Gasteiger partial charge in [-0.25, -0.2) is 9.37 Å². The molecule has 6 nitrogen and oxygen atoms in total. The first-order valence-electron chi connectivity index (χ1n) is 11.0. The van der Waals surface area contributed by atoms with Crippen LogP contribution < -0.4 is 5.32 Å². The summed E-state index contributed by atoms with van der Waals surface area (Å²) in [4.78, 5) is 25.3. The second-order valence-corrected chi connectivity index (χ2v) is 8.78. The van der Waals surface area contributed by atoms with E-state index in [9.17, 15) is 9.18 Å². The Labute approximate surface area is 185 Å². The molecule has 32 heavy (non-hydrogen) atoms. The van der Waals surface area contributed by atoms with Gasteiger partial charge in [-0.1, -0.05) is 12.1 Å². The van der Waals surface area contributed by atoms with E-state index >= 15 is 0 Å². The summed E-state index contributed by atoms with van der Waals surface area (Å²) in [6.07, 6.45) is 8.73. The normalized spacial score (nSPS) is 14.6. The number of aromatic amines is 1. The Morgan fingerprint density at radius 1 is 1.25 bits per heavy atom. The van der Waals surface area contributed by atoms with Crippen molar-refractivity contribution in [3.05, 3.63) is 83.1 Å². The molecular weight excluding hydrogens is 405 g/mol. The standard InChI is InChI=1S/C25H26FN5O/c1-15-4-3-9-27-24(15)21(10-18-13-31(14-28-18)12-17-6-7-17)30-25(32)22-11-19-20(26)8-5-16(2)23(19)29-22/h3-5,8-9,11,13-14,17,21,29H,6-7,10,12H2,1-2H3,(H,30,32). The molecule has 0 bridgehead atoms. The summed E-state index contributed by atoms with van der Waals surface area (Å²) < 4.78 is 16.4. The van der Waals surface area contributed by atoms with E-state index in [-0.39, 0.29) is 17.8 Å². The van der Waals surface area contributed by atoms with Crippen LogP contribution in [0.3, 0.4) is 0 Å². The lowest BCUT2D eigenvalue weighted by atomic mass is 10.0. The average molecular weight is 432 g/mol. The first-order chi connectivity index (χ1) is 15.5. The Kier molecular flexibility index (Phi) is 5.25. The number of halogens is 1. The van der Waals surface area contributed by atoms with Gasteiger partial charge in [0.2, 0.25) is 0 Å². The molecule has 1 atom stereocenters. The summed E-state index contributed by atoms with van der Waals surface area (Å²) >= 11 is 0. The van der Waals surface area contributed by atoms with Gasteiger partial charge >= 0.3 is 0 Å². The molecule has 1 amide bonds. The van der Waals surface area contributed by atoms with Crippen molar-refractivity contribution in [3.63, 3.8) is 0 Å².